The van der Waals surface area contributed by atoms with Crippen molar-refractivity contribution in [2.75, 3.05) is 13.2 Å². The van der Waals surface area contributed by atoms with Crippen LogP contribution in [0.3, 0.4) is 0 Å². The van der Waals surface area contributed by atoms with Gasteiger partial charge in [-0.25, -0.2) is 4.98 Å². The Bertz CT molecular complexity index is 613. The lowest BCUT2D eigenvalue weighted by Crippen LogP contribution is -2.27. The number of hydrogen-bond acceptors (Lipinski definition) is 3. The van der Waals surface area contributed by atoms with Gasteiger partial charge >= 0.3 is 0 Å². The van der Waals surface area contributed by atoms with Crippen LogP contribution in [0.15, 0.2) is 30.3 Å². The van der Waals surface area contributed by atoms with Gasteiger partial charge in [0.05, 0.1) is 5.52 Å². The van der Waals surface area contributed by atoms with Crippen LogP contribution in [0.5, 0.6) is 0 Å². The van der Waals surface area contributed by atoms with E-state index in [1.165, 1.54) is 12.8 Å². The average molecular weight is 305 g/mol. The number of aliphatic hydroxyl groups is 1. The van der Waals surface area contributed by atoms with Crippen molar-refractivity contribution in [3.8, 4) is 0 Å². The van der Waals surface area contributed by atoms with Crippen LogP contribution in [-0.2, 0) is 6.54 Å². The number of aromatic nitrogens is 1. The maximum absolute atomic E-state index is 8.94. The molecular weight excluding hydrogens is 284 g/mol. The third-order valence-electron chi connectivity index (χ3n) is 4.04. The lowest BCUT2D eigenvalue weighted by Gasteiger charge is -2.22. The van der Waals surface area contributed by atoms with E-state index in [1.807, 2.05) is 18.2 Å². The Labute approximate surface area is 130 Å². The molecule has 1 aromatic carbocycles. The highest BCUT2D eigenvalue weighted by Crippen LogP contribution is 2.30. The van der Waals surface area contributed by atoms with Crippen molar-refractivity contribution in [2.24, 2.45) is 0 Å². The summed E-state index contributed by atoms with van der Waals surface area (Å²) in [6.07, 6.45) is 4.45. The number of fused-ring (bicyclic) bond motifs is 1. The summed E-state index contributed by atoms with van der Waals surface area (Å²) in [5, 5.41) is 10.7. The zero-order valence-corrected chi connectivity index (χ0v) is 12.9. The highest BCUT2D eigenvalue weighted by Gasteiger charge is 2.29. The van der Waals surface area contributed by atoms with E-state index in [0.29, 0.717) is 11.2 Å². The molecule has 1 aromatic heterocycles. The molecule has 1 aliphatic carbocycles. The van der Waals surface area contributed by atoms with Crippen molar-refractivity contribution in [1.82, 2.24) is 9.88 Å². The Morgan fingerprint density at radius 1 is 1.24 bits per heavy atom. The van der Waals surface area contributed by atoms with Gasteiger partial charge < -0.3 is 5.11 Å². The molecule has 1 aliphatic rings. The van der Waals surface area contributed by atoms with E-state index in [4.69, 9.17) is 16.7 Å². The number of hydrogen-bond donors (Lipinski definition) is 1. The molecule has 1 N–H and O–H groups in total. The van der Waals surface area contributed by atoms with Crippen LogP contribution in [-0.4, -0.2) is 34.2 Å². The van der Waals surface area contributed by atoms with Gasteiger partial charge in [0, 0.05) is 30.1 Å². The zero-order valence-electron chi connectivity index (χ0n) is 12.1. The first kappa shape index (κ1) is 14.8. The van der Waals surface area contributed by atoms with Crippen LogP contribution in [0.2, 0.25) is 5.15 Å². The van der Waals surface area contributed by atoms with E-state index >= 15 is 0 Å². The second-order valence-corrected chi connectivity index (χ2v) is 6.12. The summed E-state index contributed by atoms with van der Waals surface area (Å²) < 4.78 is 0. The molecule has 1 fully saturated rings. The lowest BCUT2D eigenvalue weighted by molar-refractivity contribution is 0.228. The van der Waals surface area contributed by atoms with Gasteiger partial charge in [0.15, 0.2) is 0 Å². The van der Waals surface area contributed by atoms with Gasteiger partial charge in [-0.05, 0) is 44.4 Å². The first-order valence-electron chi connectivity index (χ1n) is 7.67. The highest BCUT2D eigenvalue weighted by atomic mass is 35.5. The molecule has 0 unspecified atom stereocenters. The molecule has 4 heteroatoms. The summed E-state index contributed by atoms with van der Waals surface area (Å²) in [6, 6.07) is 10.9. The number of nitrogens with zero attached hydrogens (tertiary/aromatic N) is 2. The fraction of sp³-hybridized carbons (Fsp3) is 0.471. The van der Waals surface area contributed by atoms with Gasteiger partial charge in [-0.15, -0.1) is 0 Å². The molecule has 1 saturated carbocycles. The van der Waals surface area contributed by atoms with Gasteiger partial charge in [0.25, 0.3) is 0 Å². The van der Waals surface area contributed by atoms with Crippen molar-refractivity contribution in [2.45, 2.75) is 38.3 Å². The van der Waals surface area contributed by atoms with E-state index in [0.717, 1.165) is 42.4 Å². The number of unbranched alkanes of at least 4 members (excludes halogenated alkanes) is 1. The zero-order chi connectivity index (χ0) is 14.7. The summed E-state index contributed by atoms with van der Waals surface area (Å²) >= 11 is 6.36. The minimum Gasteiger partial charge on any atom is -0.396 e. The second-order valence-electron chi connectivity index (χ2n) is 5.76. The maximum atomic E-state index is 8.94. The van der Waals surface area contributed by atoms with Crippen molar-refractivity contribution < 1.29 is 5.11 Å². The van der Waals surface area contributed by atoms with Crippen molar-refractivity contribution in [3.05, 3.63) is 41.0 Å². The molecule has 112 valence electrons. The Balaban J connectivity index is 1.76. The topological polar surface area (TPSA) is 36.4 Å². The largest absolute Gasteiger partial charge is 0.396 e. The number of para-hydroxylation sites is 1. The average Bonchev–Trinajstić information content (AvgIpc) is 3.31. The quantitative estimate of drug-likeness (QED) is 0.627. The molecule has 3 rings (SSSR count). The maximum Gasteiger partial charge on any atom is 0.134 e. The molecule has 1 heterocycles. The Kier molecular flexibility index (Phi) is 4.73. The van der Waals surface area contributed by atoms with Crippen molar-refractivity contribution in [3.63, 3.8) is 0 Å². The van der Waals surface area contributed by atoms with Crippen LogP contribution >= 0.6 is 11.6 Å². The molecule has 0 saturated heterocycles. The van der Waals surface area contributed by atoms with Crippen LogP contribution in [0.4, 0.5) is 0 Å². The molecule has 3 nitrogen and oxygen atoms in total. The first-order valence-corrected chi connectivity index (χ1v) is 8.05. The lowest BCUT2D eigenvalue weighted by atomic mass is 10.1. The highest BCUT2D eigenvalue weighted by molar-refractivity contribution is 6.30. The van der Waals surface area contributed by atoms with Crippen LogP contribution in [0, 0.1) is 0 Å². The van der Waals surface area contributed by atoms with Gasteiger partial charge in [0.2, 0.25) is 0 Å². The fourth-order valence-electron chi connectivity index (χ4n) is 2.72. The monoisotopic (exact) mass is 304 g/mol. The third-order valence-corrected chi connectivity index (χ3v) is 4.37. The summed E-state index contributed by atoms with van der Waals surface area (Å²) in [7, 11) is 0. The van der Waals surface area contributed by atoms with Crippen LogP contribution in [0.25, 0.3) is 10.9 Å². The minimum absolute atomic E-state index is 0.275. The molecule has 0 amide bonds. The van der Waals surface area contributed by atoms with Gasteiger partial charge in [-0.1, -0.05) is 29.8 Å². The Morgan fingerprint density at radius 2 is 2.05 bits per heavy atom. The SMILES string of the molecule is OCCCCN(Cc1cc2ccccc2nc1Cl)C1CC1. The molecule has 0 aliphatic heterocycles. The standard InChI is InChI=1S/C17H21ClN2O/c18-17-14(11-13-5-1-2-6-16(13)19-17)12-20(15-7-8-15)9-3-4-10-21/h1-2,5-6,11,15,21H,3-4,7-10,12H2. The van der Waals surface area contributed by atoms with Gasteiger partial charge in [0.1, 0.15) is 5.15 Å². The number of aliphatic hydroxyl groups excluding tert-OH is 1. The summed E-state index contributed by atoms with van der Waals surface area (Å²) in [4.78, 5) is 6.98. The fourth-order valence-corrected chi connectivity index (χ4v) is 2.93. The van der Waals surface area contributed by atoms with Gasteiger partial charge in [-0.3, -0.25) is 4.90 Å². The molecule has 0 bridgehead atoms. The molecule has 2 aromatic rings. The van der Waals surface area contributed by atoms with Gasteiger partial charge in [-0.2, -0.15) is 0 Å². The summed E-state index contributed by atoms with van der Waals surface area (Å²) in [5.41, 5.74) is 2.05. The molecular formula is C17H21ClN2O. The second kappa shape index (κ2) is 6.73. The Morgan fingerprint density at radius 3 is 2.81 bits per heavy atom. The third kappa shape index (κ3) is 3.73. The van der Waals surface area contributed by atoms with E-state index in [1.54, 1.807) is 0 Å². The number of benzene rings is 1. The summed E-state index contributed by atoms with van der Waals surface area (Å²) in [5.74, 6) is 0. The van der Waals surface area contributed by atoms with Crippen molar-refractivity contribution >= 4 is 22.5 Å². The number of halogens is 1. The number of rotatable bonds is 7. The van der Waals surface area contributed by atoms with Crippen LogP contribution in [0.1, 0.15) is 31.2 Å². The smallest absolute Gasteiger partial charge is 0.134 e. The van der Waals surface area contributed by atoms with Crippen molar-refractivity contribution in [1.29, 1.82) is 0 Å². The Hall–Kier alpha value is -1.16. The summed E-state index contributed by atoms with van der Waals surface area (Å²) in [6.45, 7) is 2.15. The van der Waals surface area contributed by atoms with Crippen LogP contribution < -0.4 is 0 Å². The molecule has 0 atom stereocenters. The normalized spacial score (nSPS) is 15.0. The van der Waals surface area contributed by atoms with E-state index in [-0.39, 0.29) is 6.61 Å². The molecule has 21 heavy (non-hydrogen) atoms. The molecule has 0 radical (unpaired) electrons. The molecule has 0 spiro atoms. The van der Waals surface area contributed by atoms with E-state index < -0.39 is 0 Å². The first-order chi connectivity index (χ1) is 10.3. The predicted octanol–water partition coefficient (Wildman–Crippen LogP) is 3.63. The van der Waals surface area contributed by atoms with E-state index in [9.17, 15) is 0 Å². The minimum atomic E-state index is 0.275. The predicted molar refractivity (Wildman–Crippen MR) is 86.5 cm³/mol. The van der Waals surface area contributed by atoms with E-state index in [2.05, 4.69) is 22.0 Å². The number of pyridine rings is 1.